The van der Waals surface area contributed by atoms with Crippen molar-refractivity contribution in [2.45, 2.75) is 0 Å². The SMILES string of the molecule is CN.O=[N+]([O-])Nc1nn[nH]n1. The molecule has 0 atom stereocenters. The zero-order chi connectivity index (χ0) is 8.69. The molecule has 0 aliphatic carbocycles. The Labute approximate surface area is 61.1 Å². The maximum Gasteiger partial charge on any atom is 0.323 e. The third kappa shape index (κ3) is 3.75. The number of aromatic nitrogens is 4. The van der Waals surface area contributed by atoms with Crippen LogP contribution in [0.1, 0.15) is 0 Å². The van der Waals surface area contributed by atoms with E-state index in [1.165, 1.54) is 7.05 Å². The molecule has 1 rings (SSSR count). The number of nitrogens with one attached hydrogen (secondary N) is 2. The van der Waals surface area contributed by atoms with Gasteiger partial charge in [0.2, 0.25) is 0 Å². The average Bonchev–Trinajstić information content (AvgIpc) is 2.43. The second-order valence-electron chi connectivity index (χ2n) is 1.10. The molecule has 0 bridgehead atoms. The third-order valence-corrected chi connectivity index (χ3v) is 0.537. The molecular weight excluding hydrogens is 154 g/mol. The van der Waals surface area contributed by atoms with Gasteiger partial charge in [-0.2, -0.15) is 5.21 Å². The first-order valence-electron chi connectivity index (χ1n) is 2.51. The van der Waals surface area contributed by atoms with E-state index in [1.54, 1.807) is 5.43 Å². The maximum atomic E-state index is 9.64. The summed E-state index contributed by atoms with van der Waals surface area (Å²) >= 11 is 0. The highest BCUT2D eigenvalue weighted by Crippen LogP contribution is 1.86. The molecular formula is C2H7N7O2. The van der Waals surface area contributed by atoms with Gasteiger partial charge in [0.1, 0.15) is 0 Å². The average molecular weight is 161 g/mol. The van der Waals surface area contributed by atoms with Crippen LogP contribution in [0.4, 0.5) is 5.95 Å². The number of hydrogen-bond acceptors (Lipinski definition) is 6. The van der Waals surface area contributed by atoms with E-state index in [9.17, 15) is 10.1 Å². The predicted octanol–water partition coefficient (Wildman–Crippen LogP) is -1.62. The molecule has 0 unspecified atom stereocenters. The van der Waals surface area contributed by atoms with Gasteiger partial charge in [-0.3, -0.25) is 0 Å². The van der Waals surface area contributed by atoms with Gasteiger partial charge >= 0.3 is 5.95 Å². The molecule has 4 N–H and O–H groups in total. The number of anilines is 1. The first-order valence-corrected chi connectivity index (χ1v) is 2.51. The van der Waals surface area contributed by atoms with Crippen molar-refractivity contribution in [3.8, 4) is 0 Å². The second-order valence-corrected chi connectivity index (χ2v) is 1.10. The van der Waals surface area contributed by atoms with Crippen molar-refractivity contribution in [2.24, 2.45) is 5.73 Å². The Morgan fingerprint density at radius 2 is 2.36 bits per heavy atom. The standard InChI is InChI=1S/CH2N6O2.CH5N/c8-7(9)4-1-2-5-6-3-1;1-2/h(H2,2,3,4,5,6);2H2,1H3. The van der Waals surface area contributed by atoms with E-state index in [0.29, 0.717) is 0 Å². The second kappa shape index (κ2) is 5.05. The topological polar surface area (TPSA) is 136 Å². The molecule has 0 aliphatic heterocycles. The largest absolute Gasteiger partial charge is 0.333 e. The summed E-state index contributed by atoms with van der Waals surface area (Å²) in [6, 6.07) is 0. The van der Waals surface area contributed by atoms with Gasteiger partial charge < -0.3 is 5.73 Å². The molecule has 1 heterocycles. The van der Waals surface area contributed by atoms with Crippen molar-refractivity contribution in [3.63, 3.8) is 0 Å². The van der Waals surface area contributed by atoms with Crippen LogP contribution in [0.15, 0.2) is 0 Å². The number of H-pyrrole nitrogens is 1. The van der Waals surface area contributed by atoms with Gasteiger partial charge in [-0.1, -0.05) is 10.5 Å². The summed E-state index contributed by atoms with van der Waals surface area (Å²) in [5.74, 6) is -0.153. The summed E-state index contributed by atoms with van der Waals surface area (Å²) in [7, 11) is 1.50. The maximum absolute atomic E-state index is 9.64. The van der Waals surface area contributed by atoms with E-state index >= 15 is 0 Å². The van der Waals surface area contributed by atoms with Crippen molar-refractivity contribution in [3.05, 3.63) is 10.1 Å². The van der Waals surface area contributed by atoms with Crippen molar-refractivity contribution >= 4 is 5.95 Å². The van der Waals surface area contributed by atoms with Gasteiger partial charge in [0, 0.05) is 0 Å². The minimum absolute atomic E-state index is 0.153. The van der Waals surface area contributed by atoms with Gasteiger partial charge in [-0.05, 0) is 12.3 Å². The van der Waals surface area contributed by atoms with E-state index < -0.39 is 5.03 Å². The van der Waals surface area contributed by atoms with Crippen molar-refractivity contribution < 1.29 is 5.03 Å². The zero-order valence-electron chi connectivity index (χ0n) is 5.68. The van der Waals surface area contributed by atoms with Crippen LogP contribution >= 0.6 is 0 Å². The summed E-state index contributed by atoms with van der Waals surface area (Å²) in [6.45, 7) is 0. The molecule has 0 aromatic carbocycles. The lowest BCUT2D eigenvalue weighted by molar-refractivity contribution is -0.446. The molecule has 1 aromatic rings. The van der Waals surface area contributed by atoms with E-state index in [-0.39, 0.29) is 5.95 Å². The summed E-state index contributed by atoms with van der Waals surface area (Å²) in [5, 5.41) is 20.5. The summed E-state index contributed by atoms with van der Waals surface area (Å²) in [5.41, 5.74) is 6.19. The highest BCUT2D eigenvalue weighted by Gasteiger charge is 2.00. The van der Waals surface area contributed by atoms with Crippen LogP contribution in [0.2, 0.25) is 0 Å². The zero-order valence-corrected chi connectivity index (χ0v) is 5.68. The number of hydrazine groups is 1. The normalized spacial score (nSPS) is 7.82. The van der Waals surface area contributed by atoms with E-state index in [1.807, 2.05) is 0 Å². The molecule has 11 heavy (non-hydrogen) atoms. The molecule has 9 nitrogen and oxygen atoms in total. The van der Waals surface area contributed by atoms with E-state index in [0.717, 1.165) is 0 Å². The van der Waals surface area contributed by atoms with Gasteiger partial charge in [0.05, 0.1) is 0 Å². The van der Waals surface area contributed by atoms with Crippen LogP contribution in [0.5, 0.6) is 0 Å². The molecule has 0 spiro atoms. The number of hydrogen-bond donors (Lipinski definition) is 3. The van der Waals surface area contributed by atoms with Crippen LogP contribution < -0.4 is 11.2 Å². The van der Waals surface area contributed by atoms with Gasteiger partial charge in [0.15, 0.2) is 5.03 Å². The minimum atomic E-state index is -0.773. The predicted molar refractivity (Wildman–Crippen MR) is 34.9 cm³/mol. The molecule has 0 saturated carbocycles. The fraction of sp³-hybridized carbons (Fsp3) is 0.500. The number of tetrazole rings is 1. The Bertz CT molecular complexity index is 194. The fourth-order valence-electron chi connectivity index (χ4n) is 0.291. The number of nitrogens with two attached hydrogens (primary N) is 1. The summed E-state index contributed by atoms with van der Waals surface area (Å²) in [6.07, 6.45) is 0. The van der Waals surface area contributed by atoms with Crippen molar-refractivity contribution in [1.82, 2.24) is 20.6 Å². The Hall–Kier alpha value is -1.77. The van der Waals surface area contributed by atoms with E-state index in [2.05, 4.69) is 26.4 Å². The molecule has 0 saturated heterocycles. The van der Waals surface area contributed by atoms with Crippen molar-refractivity contribution in [2.75, 3.05) is 12.5 Å². The fourth-order valence-corrected chi connectivity index (χ4v) is 0.291. The molecule has 0 aliphatic rings. The van der Waals surface area contributed by atoms with Crippen LogP contribution in [0.25, 0.3) is 0 Å². The molecule has 9 heteroatoms. The number of aromatic amines is 1. The van der Waals surface area contributed by atoms with Gasteiger partial charge in [0.25, 0.3) is 0 Å². The molecule has 0 radical (unpaired) electrons. The lowest BCUT2D eigenvalue weighted by atomic mass is 11.1. The summed E-state index contributed by atoms with van der Waals surface area (Å²) in [4.78, 5) is 9.64. The highest BCUT2D eigenvalue weighted by atomic mass is 16.7. The molecule has 0 amide bonds. The number of rotatable bonds is 2. The Kier molecular flexibility index (Phi) is 4.24. The molecule has 1 aromatic heterocycles. The summed E-state index contributed by atoms with van der Waals surface area (Å²) < 4.78 is 0. The number of nitro groups is 1. The van der Waals surface area contributed by atoms with Crippen LogP contribution in [0.3, 0.4) is 0 Å². The Balaban J connectivity index is 0.000000461. The lowest BCUT2D eigenvalue weighted by Gasteiger charge is -1.83. The van der Waals surface area contributed by atoms with Crippen molar-refractivity contribution in [1.29, 1.82) is 0 Å². The van der Waals surface area contributed by atoms with Crippen LogP contribution in [-0.4, -0.2) is 32.7 Å². The third-order valence-electron chi connectivity index (χ3n) is 0.537. The van der Waals surface area contributed by atoms with Crippen LogP contribution in [0, 0.1) is 10.1 Å². The quantitative estimate of drug-likeness (QED) is 0.350. The number of nitrogens with zero attached hydrogens (tertiary/aromatic N) is 4. The van der Waals surface area contributed by atoms with E-state index in [4.69, 9.17) is 0 Å². The first kappa shape index (κ1) is 9.23. The molecule has 0 fully saturated rings. The lowest BCUT2D eigenvalue weighted by Crippen LogP contribution is -2.08. The monoisotopic (exact) mass is 161 g/mol. The Morgan fingerprint density at radius 3 is 2.73 bits per heavy atom. The van der Waals surface area contributed by atoms with Gasteiger partial charge in [-0.25, -0.2) is 10.1 Å². The minimum Gasteiger partial charge on any atom is -0.333 e. The Morgan fingerprint density at radius 1 is 1.73 bits per heavy atom. The van der Waals surface area contributed by atoms with Crippen LogP contribution in [-0.2, 0) is 0 Å². The smallest absolute Gasteiger partial charge is 0.323 e. The first-order chi connectivity index (χ1) is 5.29. The highest BCUT2D eigenvalue weighted by molar-refractivity contribution is 5.12. The molecule has 62 valence electrons. The van der Waals surface area contributed by atoms with Gasteiger partial charge in [-0.15, -0.1) is 5.10 Å².